The SMILES string of the molecule is NC(CC(=O)N1CCCC(c2ccccc2)CC1)c1ccccc1. The summed E-state index contributed by atoms with van der Waals surface area (Å²) in [6.45, 7) is 1.68. The van der Waals surface area contributed by atoms with Gasteiger partial charge in [-0.2, -0.15) is 0 Å². The first-order chi connectivity index (χ1) is 11.7. The Hall–Kier alpha value is -2.13. The predicted molar refractivity (Wildman–Crippen MR) is 97.6 cm³/mol. The van der Waals surface area contributed by atoms with Gasteiger partial charge in [-0.25, -0.2) is 0 Å². The average Bonchev–Trinajstić information content (AvgIpc) is 2.89. The lowest BCUT2D eigenvalue weighted by Crippen LogP contribution is -2.34. The minimum absolute atomic E-state index is 0.181. The maximum atomic E-state index is 12.6. The van der Waals surface area contributed by atoms with E-state index in [0.29, 0.717) is 12.3 Å². The van der Waals surface area contributed by atoms with Gasteiger partial charge in [0.25, 0.3) is 0 Å². The zero-order valence-corrected chi connectivity index (χ0v) is 14.1. The van der Waals surface area contributed by atoms with E-state index >= 15 is 0 Å². The van der Waals surface area contributed by atoms with E-state index in [1.165, 1.54) is 5.56 Å². The first-order valence-corrected chi connectivity index (χ1v) is 8.87. The Morgan fingerprint density at radius 3 is 2.38 bits per heavy atom. The Morgan fingerprint density at radius 1 is 1.00 bits per heavy atom. The van der Waals surface area contributed by atoms with Crippen LogP contribution in [0.2, 0.25) is 0 Å². The summed E-state index contributed by atoms with van der Waals surface area (Å²) in [6.07, 6.45) is 3.64. The third kappa shape index (κ3) is 4.24. The maximum absolute atomic E-state index is 12.6. The van der Waals surface area contributed by atoms with Gasteiger partial charge < -0.3 is 10.6 Å². The summed E-state index contributed by atoms with van der Waals surface area (Å²) in [6, 6.07) is 20.3. The Labute approximate surface area is 144 Å². The fourth-order valence-corrected chi connectivity index (χ4v) is 3.54. The van der Waals surface area contributed by atoms with Gasteiger partial charge in [0.05, 0.1) is 0 Å². The molecule has 2 atom stereocenters. The normalized spacial score (nSPS) is 19.5. The molecule has 2 aromatic carbocycles. The fourth-order valence-electron chi connectivity index (χ4n) is 3.54. The van der Waals surface area contributed by atoms with E-state index in [2.05, 4.69) is 30.3 Å². The van der Waals surface area contributed by atoms with Crippen molar-refractivity contribution in [2.75, 3.05) is 13.1 Å². The van der Waals surface area contributed by atoms with Gasteiger partial charge in [0.2, 0.25) is 5.91 Å². The van der Waals surface area contributed by atoms with Crippen molar-refractivity contribution >= 4 is 5.91 Å². The summed E-state index contributed by atoms with van der Waals surface area (Å²) in [4.78, 5) is 14.6. The van der Waals surface area contributed by atoms with E-state index in [-0.39, 0.29) is 11.9 Å². The zero-order valence-electron chi connectivity index (χ0n) is 14.1. The number of benzene rings is 2. The number of carbonyl (C=O) groups is 1. The molecule has 3 nitrogen and oxygen atoms in total. The number of hydrogen-bond acceptors (Lipinski definition) is 2. The lowest BCUT2D eigenvalue weighted by Gasteiger charge is -2.23. The first-order valence-electron chi connectivity index (χ1n) is 8.87. The van der Waals surface area contributed by atoms with Crippen LogP contribution < -0.4 is 5.73 Å². The molecule has 126 valence electrons. The fraction of sp³-hybridized carbons (Fsp3) is 0.381. The number of rotatable bonds is 4. The van der Waals surface area contributed by atoms with Crippen LogP contribution in [0.25, 0.3) is 0 Å². The van der Waals surface area contributed by atoms with Crippen LogP contribution in [-0.2, 0) is 4.79 Å². The van der Waals surface area contributed by atoms with Crippen molar-refractivity contribution in [3.63, 3.8) is 0 Å². The van der Waals surface area contributed by atoms with Crippen LogP contribution in [0, 0.1) is 0 Å². The molecule has 0 bridgehead atoms. The second kappa shape index (κ2) is 8.11. The highest BCUT2D eigenvalue weighted by Gasteiger charge is 2.23. The van der Waals surface area contributed by atoms with Gasteiger partial charge in [-0.1, -0.05) is 60.7 Å². The minimum atomic E-state index is -0.216. The van der Waals surface area contributed by atoms with E-state index in [1.807, 2.05) is 35.2 Å². The third-order valence-electron chi connectivity index (χ3n) is 4.97. The van der Waals surface area contributed by atoms with Crippen molar-refractivity contribution in [2.45, 2.75) is 37.6 Å². The molecule has 3 rings (SSSR count). The van der Waals surface area contributed by atoms with Crippen molar-refractivity contribution in [1.29, 1.82) is 0 Å². The van der Waals surface area contributed by atoms with Gasteiger partial charge >= 0.3 is 0 Å². The van der Waals surface area contributed by atoms with Crippen LogP contribution in [0.3, 0.4) is 0 Å². The molecule has 1 amide bonds. The molecule has 1 aliphatic rings. The largest absolute Gasteiger partial charge is 0.343 e. The molecule has 24 heavy (non-hydrogen) atoms. The van der Waals surface area contributed by atoms with E-state index in [0.717, 1.165) is 37.9 Å². The van der Waals surface area contributed by atoms with Gasteiger partial charge in [0.15, 0.2) is 0 Å². The smallest absolute Gasteiger partial charge is 0.224 e. The quantitative estimate of drug-likeness (QED) is 0.928. The number of carbonyl (C=O) groups excluding carboxylic acids is 1. The highest BCUT2D eigenvalue weighted by molar-refractivity contribution is 5.77. The molecule has 2 N–H and O–H groups in total. The van der Waals surface area contributed by atoms with E-state index < -0.39 is 0 Å². The summed E-state index contributed by atoms with van der Waals surface area (Å²) < 4.78 is 0. The molecule has 1 fully saturated rings. The highest BCUT2D eigenvalue weighted by Crippen LogP contribution is 2.28. The number of hydrogen-bond donors (Lipinski definition) is 1. The minimum Gasteiger partial charge on any atom is -0.343 e. The summed E-state index contributed by atoms with van der Waals surface area (Å²) >= 11 is 0. The van der Waals surface area contributed by atoms with Crippen molar-refractivity contribution in [2.24, 2.45) is 5.73 Å². The third-order valence-corrected chi connectivity index (χ3v) is 4.97. The molecule has 1 aliphatic heterocycles. The Kier molecular flexibility index (Phi) is 5.65. The number of likely N-dealkylation sites (tertiary alicyclic amines) is 1. The van der Waals surface area contributed by atoms with Crippen molar-refractivity contribution in [1.82, 2.24) is 4.90 Å². The lowest BCUT2D eigenvalue weighted by molar-refractivity contribution is -0.131. The molecule has 0 aromatic heterocycles. The van der Waals surface area contributed by atoms with Gasteiger partial charge in [0.1, 0.15) is 0 Å². The molecule has 0 spiro atoms. The van der Waals surface area contributed by atoms with Gasteiger partial charge in [-0.05, 0) is 36.3 Å². The second-order valence-corrected chi connectivity index (χ2v) is 6.64. The van der Waals surface area contributed by atoms with Gasteiger partial charge in [0, 0.05) is 25.6 Å². The van der Waals surface area contributed by atoms with Crippen LogP contribution in [0.15, 0.2) is 60.7 Å². The van der Waals surface area contributed by atoms with Crippen molar-refractivity contribution < 1.29 is 4.79 Å². The number of nitrogens with zero attached hydrogens (tertiary/aromatic N) is 1. The predicted octanol–water partition coefficient (Wildman–Crippen LogP) is 3.87. The maximum Gasteiger partial charge on any atom is 0.224 e. The van der Waals surface area contributed by atoms with Crippen LogP contribution in [-0.4, -0.2) is 23.9 Å². The Balaban J connectivity index is 1.56. The van der Waals surface area contributed by atoms with Crippen LogP contribution in [0.5, 0.6) is 0 Å². The molecule has 2 aromatic rings. The Morgan fingerprint density at radius 2 is 1.67 bits per heavy atom. The summed E-state index contributed by atoms with van der Waals surface area (Å²) in [5, 5.41) is 0. The van der Waals surface area contributed by atoms with Gasteiger partial charge in [-0.15, -0.1) is 0 Å². The van der Waals surface area contributed by atoms with Crippen LogP contribution in [0.1, 0.15) is 48.8 Å². The second-order valence-electron chi connectivity index (χ2n) is 6.64. The summed E-state index contributed by atoms with van der Waals surface area (Å²) in [7, 11) is 0. The molecule has 1 heterocycles. The molecule has 0 aliphatic carbocycles. The first kappa shape index (κ1) is 16.7. The van der Waals surface area contributed by atoms with Crippen LogP contribution >= 0.6 is 0 Å². The average molecular weight is 322 g/mol. The molecular weight excluding hydrogens is 296 g/mol. The number of amides is 1. The molecule has 3 heteroatoms. The highest BCUT2D eigenvalue weighted by atomic mass is 16.2. The summed E-state index contributed by atoms with van der Waals surface area (Å²) in [5.41, 5.74) is 8.64. The van der Waals surface area contributed by atoms with Crippen molar-refractivity contribution in [3.05, 3.63) is 71.8 Å². The number of nitrogens with two attached hydrogens (primary N) is 1. The van der Waals surface area contributed by atoms with E-state index in [4.69, 9.17) is 5.73 Å². The monoisotopic (exact) mass is 322 g/mol. The lowest BCUT2D eigenvalue weighted by atomic mass is 9.92. The van der Waals surface area contributed by atoms with Crippen LogP contribution in [0.4, 0.5) is 0 Å². The van der Waals surface area contributed by atoms with E-state index in [1.54, 1.807) is 0 Å². The van der Waals surface area contributed by atoms with E-state index in [9.17, 15) is 4.79 Å². The standard InChI is InChI=1S/C21H26N2O/c22-20(19-10-5-2-6-11-19)16-21(24)23-14-7-12-18(13-15-23)17-8-3-1-4-9-17/h1-6,8-11,18,20H,7,12-16,22H2. The van der Waals surface area contributed by atoms with Crippen molar-refractivity contribution in [3.8, 4) is 0 Å². The molecule has 1 saturated heterocycles. The summed E-state index contributed by atoms with van der Waals surface area (Å²) in [5.74, 6) is 0.742. The molecular formula is C21H26N2O. The topological polar surface area (TPSA) is 46.3 Å². The molecule has 0 saturated carbocycles. The Bertz CT molecular complexity index is 641. The molecule has 0 radical (unpaired) electrons. The zero-order chi connectivity index (χ0) is 16.8. The van der Waals surface area contributed by atoms with Gasteiger partial charge in [-0.3, -0.25) is 4.79 Å². The molecule has 2 unspecified atom stereocenters.